The van der Waals surface area contributed by atoms with E-state index in [1.54, 1.807) is 7.11 Å². The lowest BCUT2D eigenvalue weighted by Crippen LogP contribution is -2.17. The number of hydrogen-bond acceptors (Lipinski definition) is 3. The summed E-state index contributed by atoms with van der Waals surface area (Å²) in [6.45, 7) is 5.14. The smallest absolute Gasteiger partial charge is 0.0572 e. The van der Waals surface area contributed by atoms with Crippen LogP contribution in [0.3, 0.4) is 0 Å². The van der Waals surface area contributed by atoms with E-state index in [-0.39, 0.29) is 0 Å². The molecule has 3 nitrogen and oxygen atoms in total. The lowest BCUT2D eigenvalue weighted by molar-refractivity contribution is 0.0868. The quantitative estimate of drug-likeness (QED) is 0.775. The average Bonchev–Trinajstić information content (AvgIpc) is 2.25. The molecule has 90 valence electrons. The van der Waals surface area contributed by atoms with Gasteiger partial charge < -0.3 is 9.74 Å². The Bertz CT molecular complexity index is 335. The van der Waals surface area contributed by atoms with Crippen molar-refractivity contribution in [2.75, 3.05) is 26.1 Å². The van der Waals surface area contributed by atoms with Crippen molar-refractivity contribution in [2.45, 2.75) is 26.3 Å². The third-order valence-corrected chi connectivity index (χ3v) is 2.66. The molecule has 0 fully saturated rings. The van der Waals surface area contributed by atoms with E-state index in [0.29, 0.717) is 5.92 Å². The van der Waals surface area contributed by atoms with Gasteiger partial charge in [0.05, 0.1) is 7.11 Å². The van der Waals surface area contributed by atoms with Crippen LogP contribution in [0.15, 0.2) is 18.2 Å². The Hall–Kier alpha value is -1.06. The molecule has 0 radical (unpaired) electrons. The van der Waals surface area contributed by atoms with Gasteiger partial charge in [-0.05, 0) is 23.1 Å². The summed E-state index contributed by atoms with van der Waals surface area (Å²) < 4.78 is 0. The van der Waals surface area contributed by atoms with Crippen LogP contribution in [0, 0.1) is 0 Å². The van der Waals surface area contributed by atoms with Crippen molar-refractivity contribution in [3.05, 3.63) is 29.3 Å². The molecule has 0 heterocycles. The van der Waals surface area contributed by atoms with Gasteiger partial charge in [-0.25, -0.2) is 0 Å². The van der Waals surface area contributed by atoms with Gasteiger partial charge >= 0.3 is 0 Å². The number of anilines is 1. The van der Waals surface area contributed by atoms with Gasteiger partial charge in [-0.2, -0.15) is 5.48 Å². The summed E-state index contributed by atoms with van der Waals surface area (Å²) in [6.07, 6.45) is 0. The number of benzene rings is 1. The fraction of sp³-hybridized carbons (Fsp3) is 0.538. The average molecular weight is 222 g/mol. The van der Waals surface area contributed by atoms with Crippen molar-refractivity contribution in [1.82, 2.24) is 5.48 Å². The van der Waals surface area contributed by atoms with Crippen molar-refractivity contribution < 1.29 is 4.84 Å². The second-order valence-corrected chi connectivity index (χ2v) is 4.46. The minimum atomic E-state index is 0.553. The zero-order chi connectivity index (χ0) is 12.1. The predicted octanol–water partition coefficient (Wildman–Crippen LogP) is 2.53. The van der Waals surface area contributed by atoms with Crippen LogP contribution in [0.1, 0.15) is 30.9 Å². The maximum Gasteiger partial charge on any atom is 0.0572 e. The highest BCUT2D eigenvalue weighted by Crippen LogP contribution is 2.24. The number of nitrogens with zero attached hydrogens (tertiary/aromatic N) is 1. The van der Waals surface area contributed by atoms with E-state index in [4.69, 9.17) is 4.84 Å². The van der Waals surface area contributed by atoms with Gasteiger partial charge in [0, 0.05) is 26.3 Å². The van der Waals surface area contributed by atoms with Crippen molar-refractivity contribution >= 4 is 5.69 Å². The highest BCUT2D eigenvalue weighted by Gasteiger charge is 2.07. The molecule has 1 aromatic rings. The van der Waals surface area contributed by atoms with Gasteiger partial charge in [-0.1, -0.05) is 26.0 Å². The minimum Gasteiger partial charge on any atom is -0.377 e. The first-order valence-corrected chi connectivity index (χ1v) is 5.62. The van der Waals surface area contributed by atoms with E-state index in [0.717, 1.165) is 6.54 Å². The summed E-state index contributed by atoms with van der Waals surface area (Å²) in [7, 11) is 5.75. The zero-order valence-corrected chi connectivity index (χ0v) is 10.9. The van der Waals surface area contributed by atoms with E-state index in [9.17, 15) is 0 Å². The van der Waals surface area contributed by atoms with Crippen LogP contribution in [0.5, 0.6) is 0 Å². The molecule has 0 bridgehead atoms. The Kier molecular flexibility index (Phi) is 4.77. The van der Waals surface area contributed by atoms with Gasteiger partial charge in [0.15, 0.2) is 0 Å². The lowest BCUT2D eigenvalue weighted by Gasteiger charge is -2.19. The second kappa shape index (κ2) is 5.87. The van der Waals surface area contributed by atoms with Crippen LogP contribution in [0.2, 0.25) is 0 Å². The van der Waals surface area contributed by atoms with Crippen LogP contribution in [-0.4, -0.2) is 21.2 Å². The number of rotatable bonds is 5. The molecule has 0 aliphatic heterocycles. The fourth-order valence-corrected chi connectivity index (χ4v) is 1.69. The maximum absolute atomic E-state index is 4.91. The Morgan fingerprint density at radius 2 is 2.00 bits per heavy atom. The number of nitrogens with one attached hydrogen (secondary N) is 1. The van der Waals surface area contributed by atoms with Crippen molar-refractivity contribution in [2.24, 2.45) is 0 Å². The van der Waals surface area contributed by atoms with E-state index in [1.165, 1.54) is 16.8 Å². The molecule has 0 amide bonds. The topological polar surface area (TPSA) is 24.5 Å². The van der Waals surface area contributed by atoms with Crippen LogP contribution in [-0.2, 0) is 11.4 Å². The predicted molar refractivity (Wildman–Crippen MR) is 68.7 cm³/mol. The first-order valence-electron chi connectivity index (χ1n) is 5.62. The molecule has 16 heavy (non-hydrogen) atoms. The van der Waals surface area contributed by atoms with Gasteiger partial charge in [0.1, 0.15) is 0 Å². The molecule has 0 saturated heterocycles. The Morgan fingerprint density at radius 1 is 1.31 bits per heavy atom. The molecule has 0 atom stereocenters. The second-order valence-electron chi connectivity index (χ2n) is 4.46. The maximum atomic E-state index is 4.91. The van der Waals surface area contributed by atoms with E-state index < -0.39 is 0 Å². The molecule has 1 aromatic carbocycles. The summed E-state index contributed by atoms with van der Waals surface area (Å²) in [5.41, 5.74) is 6.75. The van der Waals surface area contributed by atoms with E-state index in [1.807, 2.05) is 0 Å². The Morgan fingerprint density at radius 3 is 2.50 bits per heavy atom. The van der Waals surface area contributed by atoms with Gasteiger partial charge in [-0.15, -0.1) is 0 Å². The molecule has 0 saturated carbocycles. The van der Waals surface area contributed by atoms with E-state index in [2.05, 4.69) is 56.5 Å². The molecule has 3 heteroatoms. The van der Waals surface area contributed by atoms with Gasteiger partial charge in [0.25, 0.3) is 0 Å². The van der Waals surface area contributed by atoms with Crippen molar-refractivity contribution in [1.29, 1.82) is 0 Å². The largest absolute Gasteiger partial charge is 0.377 e. The number of hydrogen-bond donors (Lipinski definition) is 1. The highest BCUT2D eigenvalue weighted by atomic mass is 16.6. The molecule has 0 spiro atoms. The standard InChI is InChI=1S/C13H22N2O/c1-10(2)11-6-7-13(15(3)4)12(8-11)9-14-16-5/h6-8,10,14H,9H2,1-5H3. The minimum absolute atomic E-state index is 0.553. The van der Waals surface area contributed by atoms with Crippen molar-refractivity contribution in [3.63, 3.8) is 0 Å². The molecule has 1 rings (SSSR count). The Balaban J connectivity index is 3.01. The van der Waals surface area contributed by atoms with Gasteiger partial charge in [-0.3, -0.25) is 0 Å². The zero-order valence-electron chi connectivity index (χ0n) is 10.9. The summed E-state index contributed by atoms with van der Waals surface area (Å²) >= 11 is 0. The third kappa shape index (κ3) is 3.22. The van der Waals surface area contributed by atoms with Crippen LogP contribution >= 0.6 is 0 Å². The molecule has 0 unspecified atom stereocenters. The molecule has 0 aliphatic carbocycles. The Labute approximate surface area is 98.4 Å². The van der Waals surface area contributed by atoms with Crippen LogP contribution in [0.25, 0.3) is 0 Å². The summed E-state index contributed by atoms with van der Waals surface area (Å²) in [5, 5.41) is 0. The molecule has 1 N–H and O–H groups in total. The normalized spacial score (nSPS) is 10.9. The molecule has 0 aliphatic rings. The summed E-state index contributed by atoms with van der Waals surface area (Å²) in [6, 6.07) is 6.60. The van der Waals surface area contributed by atoms with Gasteiger partial charge in [0.2, 0.25) is 0 Å². The third-order valence-electron chi connectivity index (χ3n) is 2.66. The van der Waals surface area contributed by atoms with E-state index >= 15 is 0 Å². The monoisotopic (exact) mass is 222 g/mol. The first-order chi connectivity index (χ1) is 7.56. The van der Waals surface area contributed by atoms with Crippen LogP contribution < -0.4 is 10.4 Å². The summed E-state index contributed by atoms with van der Waals surface area (Å²) in [4.78, 5) is 7.03. The molecular formula is C13H22N2O. The van der Waals surface area contributed by atoms with Crippen LogP contribution in [0.4, 0.5) is 5.69 Å². The highest BCUT2D eigenvalue weighted by molar-refractivity contribution is 5.54. The molecular weight excluding hydrogens is 200 g/mol. The summed E-state index contributed by atoms with van der Waals surface area (Å²) in [5.74, 6) is 0.553. The number of hydroxylamine groups is 1. The molecule has 0 aromatic heterocycles. The fourth-order valence-electron chi connectivity index (χ4n) is 1.69. The lowest BCUT2D eigenvalue weighted by atomic mass is 9.99. The SMILES string of the molecule is CONCc1cc(C(C)C)ccc1N(C)C. The first kappa shape index (κ1) is 13.0. The van der Waals surface area contributed by atoms with Crippen molar-refractivity contribution in [3.8, 4) is 0 Å².